The van der Waals surface area contributed by atoms with Gasteiger partial charge in [-0.1, -0.05) is 0 Å². The van der Waals surface area contributed by atoms with Gasteiger partial charge in [-0.15, -0.1) is 0 Å². The fraction of sp³-hybridized carbons (Fsp3) is 1.00. The summed E-state index contributed by atoms with van der Waals surface area (Å²) in [5, 5.41) is 0. The summed E-state index contributed by atoms with van der Waals surface area (Å²) < 4.78 is 43.2. The van der Waals surface area contributed by atoms with E-state index in [0.717, 1.165) is 26.6 Å². The molecule has 22 heavy (non-hydrogen) atoms. The van der Waals surface area contributed by atoms with Crippen LogP contribution in [0.15, 0.2) is 0 Å². The van der Waals surface area contributed by atoms with Crippen LogP contribution in [0.25, 0.3) is 0 Å². The quantitative estimate of drug-likeness (QED) is 0.529. The highest BCUT2D eigenvalue weighted by molar-refractivity contribution is 8.16. The van der Waals surface area contributed by atoms with E-state index < -0.39 is 17.5 Å². The molecule has 0 rings (SSSR count). The van der Waals surface area contributed by atoms with Crippen LogP contribution in [0.3, 0.4) is 0 Å². The van der Waals surface area contributed by atoms with Crippen LogP contribution in [0.4, 0.5) is 0 Å². The van der Waals surface area contributed by atoms with Crippen molar-refractivity contribution in [2.45, 2.75) is 27.2 Å². The summed E-state index contributed by atoms with van der Waals surface area (Å²) in [6, 6.07) is 0. The zero-order chi connectivity index (χ0) is 17.6. The Balaban J connectivity index is 0. The molecule has 0 heterocycles. The van der Waals surface area contributed by atoms with Gasteiger partial charge in [-0.05, 0) is 54.4 Å². The van der Waals surface area contributed by atoms with Crippen molar-refractivity contribution in [1.29, 1.82) is 0 Å². The largest absolute Gasteiger partial charge is 0.667 e. The van der Waals surface area contributed by atoms with Crippen LogP contribution in [-0.2, 0) is 27.0 Å². The molecule has 0 aliphatic carbocycles. The summed E-state index contributed by atoms with van der Waals surface area (Å²) in [4.78, 5) is 2.13. The number of hydrogen-bond donors (Lipinski definition) is 1. The molecule has 0 amide bonds. The van der Waals surface area contributed by atoms with Gasteiger partial charge < -0.3 is 23.9 Å². The van der Waals surface area contributed by atoms with Gasteiger partial charge in [0, 0.05) is 19.8 Å². The Morgan fingerprint density at radius 1 is 1.00 bits per heavy atom. The summed E-state index contributed by atoms with van der Waals surface area (Å²) in [5.74, 6) is 0. The molecule has 0 unspecified atom stereocenters. The van der Waals surface area contributed by atoms with Crippen LogP contribution >= 0.6 is 0 Å². The van der Waals surface area contributed by atoms with E-state index in [4.69, 9.17) is 19.0 Å². The molecule has 2 N–H and O–H groups in total. The van der Waals surface area contributed by atoms with Crippen molar-refractivity contribution in [2.24, 2.45) is 5.73 Å². The lowest BCUT2D eigenvalue weighted by Crippen LogP contribution is -2.54. The topological polar surface area (TPSA) is 100 Å². The maximum Gasteiger partial charge on any atom is 0.667 e. The molecule has 0 aromatic carbocycles. The lowest BCUT2D eigenvalue weighted by molar-refractivity contribution is 0.0892. The van der Waals surface area contributed by atoms with Crippen LogP contribution in [0, 0.1) is 0 Å². The zero-order valence-electron chi connectivity index (χ0n) is 14.6. The van der Waals surface area contributed by atoms with E-state index in [0.29, 0.717) is 0 Å². The predicted octanol–water partition coefficient (Wildman–Crippen LogP) is 0.405. The Bertz CT molecular complexity index is 337. The Labute approximate surface area is 136 Å². The minimum Gasteiger partial charge on any atom is -0.361 e. The molecule has 0 aromatic heterocycles. The molecule has 0 spiro atoms. The number of nitrogens with two attached hydrogens (primary N) is 1. The first-order valence-corrected chi connectivity index (χ1v) is 11.2. The van der Waals surface area contributed by atoms with Crippen molar-refractivity contribution in [2.75, 3.05) is 54.1 Å². The molecule has 8 nitrogen and oxygen atoms in total. The highest BCUT2D eigenvalue weighted by atomic mass is 32.4. The van der Waals surface area contributed by atoms with Crippen molar-refractivity contribution in [3.8, 4) is 0 Å². The van der Waals surface area contributed by atoms with Crippen LogP contribution < -0.4 is 5.73 Å². The lowest BCUT2D eigenvalue weighted by atomic mass is 10.4. The van der Waals surface area contributed by atoms with E-state index in [1.54, 1.807) is 20.8 Å². The molecule has 0 aliphatic heterocycles. The fourth-order valence-corrected chi connectivity index (χ4v) is 6.30. The minimum atomic E-state index is -3.94. The molecule has 0 radical (unpaired) electrons. The summed E-state index contributed by atoms with van der Waals surface area (Å²) in [7, 11) is -2.54. The predicted molar refractivity (Wildman–Crippen MR) is 88.8 cm³/mol. The van der Waals surface area contributed by atoms with Crippen LogP contribution in [0.5, 0.6) is 0 Å². The third kappa shape index (κ3) is 9.15. The maximum absolute atomic E-state index is 11.7. The second-order valence-corrected chi connectivity index (χ2v) is 10.5. The smallest absolute Gasteiger partial charge is 0.361 e. The summed E-state index contributed by atoms with van der Waals surface area (Å²) in [6.45, 7) is 7.49. The first kappa shape index (κ1) is 24.2. The van der Waals surface area contributed by atoms with Gasteiger partial charge in [-0.3, -0.25) is 4.18 Å². The molecule has 0 saturated heterocycles. The van der Waals surface area contributed by atoms with Crippen molar-refractivity contribution < 1.29 is 25.9 Å². The van der Waals surface area contributed by atoms with Crippen molar-refractivity contribution in [3.63, 3.8) is 0 Å². The lowest BCUT2D eigenvalue weighted by Gasteiger charge is -2.25. The van der Waals surface area contributed by atoms with Crippen LogP contribution in [0.1, 0.15) is 27.2 Å². The molecule has 0 fully saturated rings. The maximum atomic E-state index is 11.7. The Hall–Kier alpha value is -0.0731. The van der Waals surface area contributed by atoms with E-state index in [1.807, 2.05) is 0 Å². The van der Waals surface area contributed by atoms with Crippen LogP contribution in [-0.4, -0.2) is 75.4 Å². The average molecular weight is 361 g/mol. The molecule has 0 atom stereocenters. The molecule has 0 aliphatic rings. The summed E-state index contributed by atoms with van der Waals surface area (Å²) >= 11 is 0. The Morgan fingerprint density at radius 3 is 1.59 bits per heavy atom. The minimum absolute atomic E-state index is 0.189. The summed E-state index contributed by atoms with van der Waals surface area (Å²) in [5.41, 5.74) is 5.25. The van der Waals surface area contributed by atoms with Crippen LogP contribution in [0.2, 0.25) is 0 Å². The van der Waals surface area contributed by atoms with Gasteiger partial charge in [-0.25, -0.2) is 0 Å². The second kappa shape index (κ2) is 13.4. The number of rotatable bonds is 11. The Morgan fingerprint density at radius 2 is 1.41 bits per heavy atom. The molecular weight excluding hydrogens is 328 g/mol. The fourth-order valence-electron chi connectivity index (χ4n) is 1.38. The number of hydrogen-bond acceptors (Lipinski definition) is 8. The van der Waals surface area contributed by atoms with Gasteiger partial charge in [0.25, 0.3) is 0 Å². The highest BCUT2D eigenvalue weighted by Gasteiger charge is 2.57. The first-order valence-electron chi connectivity index (χ1n) is 7.33. The SMILES string of the molecule is CCO[Si](OCC)(OCC)S(=O)(=O)OC.CN(C)CCCN. The molecule has 0 bridgehead atoms. The van der Waals surface area contributed by atoms with Gasteiger partial charge in [0.1, 0.15) is 0 Å². The van der Waals surface area contributed by atoms with E-state index in [-0.39, 0.29) is 19.8 Å². The molecule has 0 saturated carbocycles. The zero-order valence-corrected chi connectivity index (χ0v) is 16.4. The van der Waals surface area contributed by atoms with Crippen molar-refractivity contribution in [1.82, 2.24) is 4.90 Å². The first-order chi connectivity index (χ1) is 10.3. The molecule has 0 aromatic rings. The van der Waals surface area contributed by atoms with Gasteiger partial charge in [0.05, 0.1) is 7.11 Å². The second-order valence-electron chi connectivity index (χ2n) is 4.37. The normalized spacial score (nSPS) is 12.2. The Kier molecular flexibility index (Phi) is 14.7. The summed E-state index contributed by atoms with van der Waals surface area (Å²) in [6.07, 6.45) is 1.10. The van der Waals surface area contributed by atoms with E-state index in [1.165, 1.54) is 0 Å². The van der Waals surface area contributed by atoms with E-state index in [9.17, 15) is 8.42 Å². The standard InChI is InChI=1S/C7H18O6SSi.C5H14N2/c1-5-11-15(12-6-2,13-7-3)14(8,9)10-4;1-7(2)5-3-4-6/h5-7H2,1-4H3;3-6H2,1-2H3. The van der Waals surface area contributed by atoms with E-state index in [2.05, 4.69) is 23.2 Å². The van der Waals surface area contributed by atoms with Gasteiger partial charge in [0.15, 0.2) is 0 Å². The van der Waals surface area contributed by atoms with Gasteiger partial charge >= 0.3 is 17.5 Å². The third-order valence-electron chi connectivity index (χ3n) is 2.30. The van der Waals surface area contributed by atoms with E-state index >= 15 is 0 Å². The average Bonchev–Trinajstić information content (AvgIpc) is 2.46. The molecule has 10 heteroatoms. The highest BCUT2D eigenvalue weighted by Crippen LogP contribution is 2.18. The molecule has 136 valence electrons. The molecular formula is C12H32N2O6SSi. The van der Waals surface area contributed by atoms with Crippen molar-refractivity contribution >= 4 is 17.5 Å². The van der Waals surface area contributed by atoms with Gasteiger partial charge in [-0.2, -0.15) is 8.42 Å². The van der Waals surface area contributed by atoms with Gasteiger partial charge in [0.2, 0.25) is 0 Å². The van der Waals surface area contributed by atoms with Crippen molar-refractivity contribution in [3.05, 3.63) is 0 Å². The monoisotopic (exact) mass is 360 g/mol. The third-order valence-corrected chi connectivity index (χ3v) is 8.67. The number of nitrogens with zero attached hydrogens (tertiary/aromatic N) is 1.